The van der Waals surface area contributed by atoms with Crippen LogP contribution in [0.15, 0.2) is 48.5 Å². The average Bonchev–Trinajstić information content (AvgIpc) is 3.21. The Bertz CT molecular complexity index is 933. The van der Waals surface area contributed by atoms with E-state index in [0.29, 0.717) is 11.2 Å². The number of carbonyl (C=O) groups excluding carboxylic acids is 1. The molecule has 1 aliphatic rings. The lowest BCUT2D eigenvalue weighted by atomic mass is 10.0. The van der Waals surface area contributed by atoms with E-state index in [1.54, 1.807) is 0 Å². The summed E-state index contributed by atoms with van der Waals surface area (Å²) in [5.74, 6) is -0.0607. The number of hydrogen-bond donors (Lipinski definition) is 5. The van der Waals surface area contributed by atoms with E-state index < -0.39 is 0 Å². The lowest BCUT2D eigenvalue weighted by Gasteiger charge is -2.11. The lowest BCUT2D eigenvalue weighted by Crippen LogP contribution is -2.39. The molecule has 0 aliphatic carbocycles. The standard InChI is InChI=1S/C17H17N5OS/c23-16(15-9-13(21-22-15)10-4-2-1-3-5-10)18-11-6-7-12-14(8-11)20-17(24)19-12/h1-8,13,15,21-22H,9H2,(H,18,23)(H2,19,20,24). The largest absolute Gasteiger partial charge is 0.331 e. The van der Waals surface area contributed by atoms with Gasteiger partial charge >= 0.3 is 0 Å². The maximum atomic E-state index is 12.5. The van der Waals surface area contributed by atoms with E-state index in [2.05, 4.69) is 38.3 Å². The van der Waals surface area contributed by atoms with E-state index in [1.165, 1.54) is 5.56 Å². The van der Waals surface area contributed by atoms with Crippen LogP contribution in [0.1, 0.15) is 18.0 Å². The van der Waals surface area contributed by atoms with Gasteiger partial charge in [-0.25, -0.2) is 10.9 Å². The maximum Gasteiger partial charge on any atom is 0.242 e. The number of benzene rings is 2. The van der Waals surface area contributed by atoms with Gasteiger partial charge in [0.15, 0.2) is 4.77 Å². The van der Waals surface area contributed by atoms with Crippen molar-refractivity contribution in [1.29, 1.82) is 0 Å². The van der Waals surface area contributed by atoms with E-state index in [4.69, 9.17) is 12.2 Å². The average molecular weight is 339 g/mol. The minimum Gasteiger partial charge on any atom is -0.331 e. The molecule has 2 aromatic carbocycles. The highest BCUT2D eigenvalue weighted by atomic mass is 32.1. The van der Waals surface area contributed by atoms with Crippen molar-refractivity contribution in [3.8, 4) is 0 Å². The summed E-state index contributed by atoms with van der Waals surface area (Å²) >= 11 is 5.07. The molecule has 3 aromatic rings. The van der Waals surface area contributed by atoms with Crippen LogP contribution in [0.5, 0.6) is 0 Å². The Kier molecular flexibility index (Phi) is 3.89. The fourth-order valence-corrected chi connectivity index (χ4v) is 3.19. The molecule has 0 bridgehead atoms. The summed E-state index contributed by atoms with van der Waals surface area (Å²) in [5.41, 5.74) is 9.96. The first kappa shape index (κ1) is 15.1. The normalized spacial score (nSPS) is 20.3. The van der Waals surface area contributed by atoms with Crippen molar-refractivity contribution in [3.63, 3.8) is 0 Å². The van der Waals surface area contributed by atoms with Crippen molar-refractivity contribution in [3.05, 3.63) is 58.9 Å². The summed E-state index contributed by atoms with van der Waals surface area (Å²) in [4.78, 5) is 18.6. The number of aromatic amines is 2. The minimum absolute atomic E-state index is 0.0607. The lowest BCUT2D eigenvalue weighted by molar-refractivity contribution is -0.117. The van der Waals surface area contributed by atoms with Crippen LogP contribution in [0.2, 0.25) is 0 Å². The van der Waals surface area contributed by atoms with E-state index in [0.717, 1.165) is 16.7 Å². The van der Waals surface area contributed by atoms with Crippen molar-refractivity contribution >= 4 is 34.8 Å². The van der Waals surface area contributed by atoms with Crippen molar-refractivity contribution in [1.82, 2.24) is 20.8 Å². The fourth-order valence-electron chi connectivity index (χ4n) is 2.97. The highest BCUT2D eigenvalue weighted by Gasteiger charge is 2.30. The Hall–Kier alpha value is -2.48. The van der Waals surface area contributed by atoms with Gasteiger partial charge in [-0.2, -0.15) is 0 Å². The summed E-state index contributed by atoms with van der Waals surface area (Å²) in [7, 11) is 0. The summed E-state index contributed by atoms with van der Waals surface area (Å²) in [6.45, 7) is 0. The molecule has 5 N–H and O–H groups in total. The van der Waals surface area contributed by atoms with Gasteiger partial charge in [-0.3, -0.25) is 4.79 Å². The molecular formula is C17H17N5OS. The molecule has 0 saturated carbocycles. The van der Waals surface area contributed by atoms with Crippen LogP contribution in [0.4, 0.5) is 5.69 Å². The number of imidazole rings is 1. The Morgan fingerprint density at radius 3 is 2.67 bits per heavy atom. The number of hydrogen-bond acceptors (Lipinski definition) is 4. The van der Waals surface area contributed by atoms with Crippen molar-refractivity contribution in [2.45, 2.75) is 18.5 Å². The zero-order valence-corrected chi connectivity index (χ0v) is 13.6. The monoisotopic (exact) mass is 339 g/mol. The molecular weight excluding hydrogens is 322 g/mol. The summed E-state index contributed by atoms with van der Waals surface area (Å²) in [5, 5.41) is 2.95. The van der Waals surface area contributed by atoms with Crippen LogP contribution < -0.4 is 16.2 Å². The van der Waals surface area contributed by atoms with Gasteiger partial charge in [-0.15, -0.1) is 0 Å². The van der Waals surface area contributed by atoms with Crippen LogP contribution in [0.25, 0.3) is 11.0 Å². The van der Waals surface area contributed by atoms with E-state index >= 15 is 0 Å². The fraction of sp³-hybridized carbons (Fsp3) is 0.176. The Morgan fingerprint density at radius 2 is 1.83 bits per heavy atom. The zero-order chi connectivity index (χ0) is 16.5. The Labute approximate surface area is 143 Å². The Balaban J connectivity index is 1.45. The SMILES string of the molecule is O=C(Nc1ccc2[nH]c(=S)[nH]c2c1)C1CC(c2ccccc2)NN1. The maximum absolute atomic E-state index is 12.5. The first-order chi connectivity index (χ1) is 11.7. The number of anilines is 1. The highest BCUT2D eigenvalue weighted by molar-refractivity contribution is 7.71. The van der Waals surface area contributed by atoms with Gasteiger partial charge in [0.2, 0.25) is 5.91 Å². The summed E-state index contributed by atoms with van der Waals surface area (Å²) in [6, 6.07) is 15.6. The minimum atomic E-state index is -0.282. The molecule has 2 atom stereocenters. The topological polar surface area (TPSA) is 84.7 Å². The molecule has 24 heavy (non-hydrogen) atoms. The molecule has 1 aliphatic heterocycles. The number of amides is 1. The third-order valence-corrected chi connectivity index (χ3v) is 4.41. The molecule has 1 saturated heterocycles. The van der Waals surface area contributed by atoms with E-state index in [1.807, 2.05) is 36.4 Å². The van der Waals surface area contributed by atoms with Crippen LogP contribution in [0.3, 0.4) is 0 Å². The first-order valence-corrected chi connectivity index (χ1v) is 8.19. The third kappa shape index (κ3) is 2.96. The molecule has 122 valence electrons. The third-order valence-electron chi connectivity index (χ3n) is 4.21. The zero-order valence-electron chi connectivity index (χ0n) is 12.8. The van der Waals surface area contributed by atoms with Gasteiger partial charge in [0.05, 0.1) is 11.0 Å². The van der Waals surface area contributed by atoms with Crippen molar-refractivity contribution < 1.29 is 4.79 Å². The molecule has 0 radical (unpaired) electrons. The van der Waals surface area contributed by atoms with Crippen LogP contribution in [0, 0.1) is 4.77 Å². The number of hydrazine groups is 1. The number of nitrogens with one attached hydrogen (secondary N) is 5. The number of H-pyrrole nitrogens is 2. The number of aromatic nitrogens is 2. The number of fused-ring (bicyclic) bond motifs is 1. The molecule has 1 aromatic heterocycles. The second-order valence-corrected chi connectivity index (χ2v) is 6.28. The molecule has 0 spiro atoms. The summed E-state index contributed by atoms with van der Waals surface area (Å²) in [6.07, 6.45) is 0.699. The van der Waals surface area contributed by atoms with Gasteiger partial charge in [-0.1, -0.05) is 30.3 Å². The second-order valence-electron chi connectivity index (χ2n) is 5.87. The molecule has 1 amide bonds. The molecule has 6 nitrogen and oxygen atoms in total. The molecule has 2 heterocycles. The van der Waals surface area contributed by atoms with Crippen molar-refractivity contribution in [2.75, 3.05) is 5.32 Å². The summed E-state index contributed by atoms with van der Waals surface area (Å²) < 4.78 is 0.570. The highest BCUT2D eigenvalue weighted by Crippen LogP contribution is 2.23. The second kappa shape index (κ2) is 6.20. The number of rotatable bonds is 3. The molecule has 7 heteroatoms. The van der Waals surface area contributed by atoms with Gasteiger partial charge in [0.25, 0.3) is 0 Å². The smallest absolute Gasteiger partial charge is 0.242 e. The number of carbonyl (C=O) groups is 1. The molecule has 2 unspecified atom stereocenters. The quantitative estimate of drug-likeness (QED) is 0.475. The molecule has 4 rings (SSSR count). The van der Waals surface area contributed by atoms with Crippen LogP contribution in [-0.4, -0.2) is 21.9 Å². The van der Waals surface area contributed by atoms with Gasteiger partial charge in [0, 0.05) is 11.7 Å². The first-order valence-electron chi connectivity index (χ1n) is 7.78. The van der Waals surface area contributed by atoms with Gasteiger partial charge in [0.1, 0.15) is 6.04 Å². The molecule has 1 fully saturated rings. The Morgan fingerprint density at radius 1 is 1.04 bits per heavy atom. The predicted octanol–water partition coefficient (Wildman–Crippen LogP) is 2.77. The van der Waals surface area contributed by atoms with Gasteiger partial charge in [-0.05, 0) is 42.4 Å². The van der Waals surface area contributed by atoms with Crippen LogP contribution >= 0.6 is 12.2 Å². The van der Waals surface area contributed by atoms with E-state index in [-0.39, 0.29) is 18.0 Å². The predicted molar refractivity (Wildman–Crippen MR) is 96.0 cm³/mol. The van der Waals surface area contributed by atoms with Crippen LogP contribution in [-0.2, 0) is 4.79 Å². The van der Waals surface area contributed by atoms with Gasteiger partial charge < -0.3 is 15.3 Å². The van der Waals surface area contributed by atoms with E-state index in [9.17, 15) is 4.79 Å². The van der Waals surface area contributed by atoms with Crippen molar-refractivity contribution in [2.24, 2.45) is 0 Å².